The molecular formula is C17H29N3. The van der Waals surface area contributed by atoms with Gasteiger partial charge in [0.15, 0.2) is 0 Å². The van der Waals surface area contributed by atoms with Crippen LogP contribution < -0.4 is 0 Å². The summed E-state index contributed by atoms with van der Waals surface area (Å²) in [7, 11) is 1.86. The first kappa shape index (κ1) is 20.4. The maximum absolute atomic E-state index is 4.43. The van der Waals surface area contributed by atoms with Gasteiger partial charge in [0.25, 0.3) is 0 Å². The van der Waals surface area contributed by atoms with Crippen molar-refractivity contribution in [1.29, 1.82) is 0 Å². The van der Waals surface area contributed by atoms with Crippen LogP contribution in [0.3, 0.4) is 0 Å². The van der Waals surface area contributed by atoms with Crippen molar-refractivity contribution in [3.63, 3.8) is 0 Å². The fourth-order valence-electron chi connectivity index (χ4n) is 1.08. The Hall–Kier alpha value is -1.90. The summed E-state index contributed by atoms with van der Waals surface area (Å²) in [5.74, 6) is 0.822. The van der Waals surface area contributed by atoms with Crippen molar-refractivity contribution >= 4 is 11.5 Å². The van der Waals surface area contributed by atoms with Gasteiger partial charge in [0, 0.05) is 18.8 Å². The molecule has 1 aromatic rings. The molecule has 0 aliphatic carbocycles. The Labute approximate surface area is 124 Å². The van der Waals surface area contributed by atoms with Crippen LogP contribution in [0.4, 0.5) is 5.82 Å². The summed E-state index contributed by atoms with van der Waals surface area (Å²) in [6.07, 6.45) is 5.56. The number of aliphatic imine (C=N–C) groups is 1. The van der Waals surface area contributed by atoms with Crippen LogP contribution in [-0.4, -0.2) is 15.5 Å². The van der Waals surface area contributed by atoms with Gasteiger partial charge in [0.1, 0.15) is 5.82 Å². The summed E-state index contributed by atoms with van der Waals surface area (Å²) < 4.78 is 1.72. The van der Waals surface area contributed by atoms with E-state index in [9.17, 15) is 0 Å². The van der Waals surface area contributed by atoms with E-state index in [1.807, 2.05) is 66.8 Å². The standard InChI is InChI=1S/C13H17N3.2C2H6/c1-10(2)6-7-11(3)12(4)15-13-8-9-14-16(13)5;2*1-2/h6-9H,1,3H2,2,4-5H3;2*1-2H3/b7-6-,15-12+;;. The van der Waals surface area contributed by atoms with Gasteiger partial charge in [0.05, 0.1) is 6.20 Å². The molecule has 1 rings (SSSR count). The van der Waals surface area contributed by atoms with Crippen LogP contribution in [0.2, 0.25) is 0 Å². The number of nitrogens with zero attached hydrogens (tertiary/aromatic N) is 3. The third-order valence-electron chi connectivity index (χ3n) is 2.11. The normalized spacial score (nSPS) is 10.2. The minimum Gasteiger partial charge on any atom is -0.251 e. The highest BCUT2D eigenvalue weighted by Gasteiger charge is 1.98. The number of hydrogen-bond donors (Lipinski definition) is 0. The van der Waals surface area contributed by atoms with Crippen molar-refractivity contribution < 1.29 is 0 Å². The molecule has 20 heavy (non-hydrogen) atoms. The molecule has 0 aliphatic rings. The Balaban J connectivity index is 0. The van der Waals surface area contributed by atoms with E-state index in [4.69, 9.17) is 0 Å². The number of rotatable bonds is 4. The Morgan fingerprint density at radius 3 is 2.10 bits per heavy atom. The molecule has 0 radical (unpaired) electrons. The van der Waals surface area contributed by atoms with Crippen molar-refractivity contribution in [2.45, 2.75) is 41.5 Å². The molecular weight excluding hydrogens is 246 g/mol. The monoisotopic (exact) mass is 275 g/mol. The smallest absolute Gasteiger partial charge is 0.150 e. The second-order valence-electron chi connectivity index (χ2n) is 3.72. The van der Waals surface area contributed by atoms with Gasteiger partial charge in [-0.15, -0.1) is 0 Å². The van der Waals surface area contributed by atoms with Gasteiger partial charge in [-0.05, 0) is 19.4 Å². The summed E-state index contributed by atoms with van der Waals surface area (Å²) in [6, 6.07) is 1.86. The highest BCUT2D eigenvalue weighted by Crippen LogP contribution is 2.11. The molecule has 0 spiro atoms. The molecule has 0 saturated carbocycles. The average Bonchev–Trinajstić information content (AvgIpc) is 2.86. The molecule has 0 atom stereocenters. The lowest BCUT2D eigenvalue weighted by Crippen LogP contribution is -1.95. The molecule has 0 saturated heterocycles. The van der Waals surface area contributed by atoms with Crippen LogP contribution in [-0.2, 0) is 7.05 Å². The van der Waals surface area contributed by atoms with Gasteiger partial charge in [-0.3, -0.25) is 4.68 Å². The SMILES string of the molecule is C=C(C)/C=C\C(=C)/C(C)=N/c1ccnn1C.CC.CC. The Kier molecular flexibility index (Phi) is 12.4. The highest BCUT2D eigenvalue weighted by atomic mass is 15.3. The summed E-state index contributed by atoms with van der Waals surface area (Å²) in [5, 5.41) is 4.05. The molecule has 3 nitrogen and oxygen atoms in total. The van der Waals surface area contributed by atoms with Crippen LogP contribution in [0.15, 0.2) is 53.7 Å². The number of allylic oxidation sites excluding steroid dienone is 4. The fraction of sp³-hybridized carbons (Fsp3) is 0.412. The number of hydrogen-bond acceptors (Lipinski definition) is 2. The van der Waals surface area contributed by atoms with Gasteiger partial charge >= 0.3 is 0 Å². The predicted molar refractivity (Wildman–Crippen MR) is 91.8 cm³/mol. The molecule has 0 aromatic carbocycles. The van der Waals surface area contributed by atoms with Crippen molar-refractivity contribution in [3.8, 4) is 0 Å². The predicted octanol–water partition coefficient (Wildman–Crippen LogP) is 5.25. The molecule has 0 amide bonds. The number of aryl methyl sites for hydroxylation is 1. The average molecular weight is 275 g/mol. The molecule has 0 fully saturated rings. The van der Waals surface area contributed by atoms with E-state index in [-0.39, 0.29) is 0 Å². The van der Waals surface area contributed by atoms with Gasteiger partial charge in [0.2, 0.25) is 0 Å². The Bertz CT molecular complexity index is 462. The largest absolute Gasteiger partial charge is 0.251 e. The Morgan fingerprint density at radius 1 is 1.15 bits per heavy atom. The van der Waals surface area contributed by atoms with E-state index < -0.39 is 0 Å². The molecule has 0 aliphatic heterocycles. The second-order valence-corrected chi connectivity index (χ2v) is 3.72. The minimum atomic E-state index is 0.822. The van der Waals surface area contributed by atoms with E-state index in [0.29, 0.717) is 0 Å². The van der Waals surface area contributed by atoms with Crippen molar-refractivity contribution in [2.24, 2.45) is 12.0 Å². The van der Waals surface area contributed by atoms with E-state index in [2.05, 4.69) is 23.2 Å². The zero-order valence-corrected chi connectivity index (χ0v) is 14.1. The lowest BCUT2D eigenvalue weighted by molar-refractivity contribution is 0.770. The maximum atomic E-state index is 4.43. The first-order valence-corrected chi connectivity index (χ1v) is 7.07. The maximum Gasteiger partial charge on any atom is 0.150 e. The lowest BCUT2D eigenvalue weighted by Gasteiger charge is -2.00. The zero-order chi connectivity index (χ0) is 16.1. The molecule has 1 aromatic heterocycles. The quantitative estimate of drug-likeness (QED) is 0.545. The van der Waals surface area contributed by atoms with Crippen LogP contribution in [0.25, 0.3) is 0 Å². The van der Waals surface area contributed by atoms with Crippen LogP contribution in [0, 0.1) is 0 Å². The summed E-state index contributed by atoms with van der Waals surface area (Å²) in [6.45, 7) is 19.6. The van der Waals surface area contributed by atoms with E-state index in [1.54, 1.807) is 10.9 Å². The zero-order valence-electron chi connectivity index (χ0n) is 14.1. The third-order valence-corrected chi connectivity index (χ3v) is 2.11. The minimum absolute atomic E-state index is 0.822. The molecule has 3 heteroatoms. The summed E-state index contributed by atoms with van der Waals surface area (Å²) in [4.78, 5) is 4.43. The van der Waals surface area contributed by atoms with Crippen molar-refractivity contribution in [2.75, 3.05) is 0 Å². The molecule has 0 N–H and O–H groups in total. The Morgan fingerprint density at radius 2 is 1.70 bits per heavy atom. The van der Waals surface area contributed by atoms with Crippen LogP contribution in [0.5, 0.6) is 0 Å². The lowest BCUT2D eigenvalue weighted by atomic mass is 10.1. The first-order valence-electron chi connectivity index (χ1n) is 7.07. The van der Waals surface area contributed by atoms with Crippen LogP contribution >= 0.6 is 0 Å². The van der Waals surface area contributed by atoms with Gasteiger partial charge in [-0.2, -0.15) is 5.10 Å². The first-order chi connectivity index (χ1) is 9.50. The van der Waals surface area contributed by atoms with Gasteiger partial charge in [-0.1, -0.05) is 58.6 Å². The van der Waals surface area contributed by atoms with Gasteiger partial charge < -0.3 is 0 Å². The second kappa shape index (κ2) is 12.2. The molecule has 112 valence electrons. The van der Waals surface area contributed by atoms with E-state index >= 15 is 0 Å². The molecule has 0 bridgehead atoms. The van der Waals surface area contributed by atoms with E-state index in [1.165, 1.54) is 0 Å². The number of aromatic nitrogens is 2. The fourth-order valence-corrected chi connectivity index (χ4v) is 1.08. The topological polar surface area (TPSA) is 30.2 Å². The summed E-state index contributed by atoms with van der Waals surface area (Å²) in [5.41, 5.74) is 2.75. The van der Waals surface area contributed by atoms with Crippen molar-refractivity contribution in [1.82, 2.24) is 9.78 Å². The highest BCUT2D eigenvalue weighted by molar-refractivity contribution is 6.01. The van der Waals surface area contributed by atoms with Gasteiger partial charge in [-0.25, -0.2) is 4.99 Å². The van der Waals surface area contributed by atoms with Crippen LogP contribution in [0.1, 0.15) is 41.5 Å². The van der Waals surface area contributed by atoms with E-state index in [0.717, 1.165) is 22.7 Å². The molecule has 0 unspecified atom stereocenters. The molecule has 1 heterocycles. The van der Waals surface area contributed by atoms with Crippen molar-refractivity contribution in [3.05, 3.63) is 48.7 Å². The third kappa shape index (κ3) is 8.25. The summed E-state index contributed by atoms with van der Waals surface area (Å²) >= 11 is 0.